The van der Waals surface area contributed by atoms with Crippen LogP contribution in [0.1, 0.15) is 11.4 Å². The second-order valence-corrected chi connectivity index (χ2v) is 6.63. The summed E-state index contributed by atoms with van der Waals surface area (Å²) in [5, 5.41) is 19.8. The number of hydrogen-bond donors (Lipinski definition) is 1. The Bertz CT molecular complexity index is 1270. The first-order valence-corrected chi connectivity index (χ1v) is 8.86. The van der Waals surface area contributed by atoms with Crippen LogP contribution in [0.5, 0.6) is 5.75 Å². The minimum absolute atomic E-state index is 0.0842. The second kappa shape index (κ2) is 6.93. The van der Waals surface area contributed by atoms with E-state index in [0.29, 0.717) is 22.7 Å². The number of aromatic nitrogens is 2. The maximum Gasteiger partial charge on any atom is 0.312 e. The van der Waals surface area contributed by atoms with E-state index >= 15 is 0 Å². The molecule has 29 heavy (non-hydrogen) atoms. The molecule has 0 saturated carbocycles. The van der Waals surface area contributed by atoms with Crippen LogP contribution in [0.25, 0.3) is 21.9 Å². The quantitative estimate of drug-likeness (QED) is 0.405. The first-order valence-electron chi connectivity index (χ1n) is 8.86. The van der Waals surface area contributed by atoms with Crippen molar-refractivity contribution in [2.45, 2.75) is 20.4 Å². The third-order valence-corrected chi connectivity index (χ3v) is 4.79. The van der Waals surface area contributed by atoms with E-state index in [0.717, 1.165) is 16.4 Å². The summed E-state index contributed by atoms with van der Waals surface area (Å²) >= 11 is 0. The zero-order valence-electron chi connectivity index (χ0n) is 16.1. The van der Waals surface area contributed by atoms with Gasteiger partial charge in [0.15, 0.2) is 0 Å². The number of methoxy groups -OCH3 is 1. The molecule has 2 aromatic carbocycles. The fourth-order valence-corrected chi connectivity index (χ4v) is 3.45. The van der Waals surface area contributed by atoms with Crippen LogP contribution in [0.2, 0.25) is 0 Å². The standard InChI is InChI=1S/C20H18N4O5/c1-11-20(24(26)27)12(2)23(22-11)10-19(25)21-15-9-17-14(8-18(15)28-3)13-6-4-5-7-16(13)29-17/h4-9H,10H2,1-3H3,(H,21,25). The predicted molar refractivity (Wildman–Crippen MR) is 107 cm³/mol. The van der Waals surface area contributed by atoms with E-state index in [1.165, 1.54) is 18.7 Å². The molecule has 9 nitrogen and oxygen atoms in total. The van der Waals surface area contributed by atoms with Gasteiger partial charge in [-0.1, -0.05) is 18.2 Å². The summed E-state index contributed by atoms with van der Waals surface area (Å²) < 4.78 is 12.6. The molecule has 0 aliphatic rings. The van der Waals surface area contributed by atoms with Gasteiger partial charge in [0.05, 0.1) is 17.7 Å². The largest absolute Gasteiger partial charge is 0.495 e. The number of fused-ring (bicyclic) bond motifs is 3. The summed E-state index contributed by atoms with van der Waals surface area (Å²) in [7, 11) is 1.52. The van der Waals surface area contributed by atoms with Crippen molar-refractivity contribution in [3.63, 3.8) is 0 Å². The fourth-order valence-electron chi connectivity index (χ4n) is 3.45. The zero-order valence-corrected chi connectivity index (χ0v) is 16.1. The molecule has 4 rings (SSSR count). The Balaban J connectivity index is 1.65. The lowest BCUT2D eigenvalue weighted by Crippen LogP contribution is -2.20. The molecule has 9 heteroatoms. The van der Waals surface area contributed by atoms with Crippen molar-refractivity contribution in [3.05, 3.63) is 57.9 Å². The molecule has 148 valence electrons. The molecule has 0 saturated heterocycles. The molecular formula is C20H18N4O5. The molecule has 0 atom stereocenters. The lowest BCUT2D eigenvalue weighted by Gasteiger charge is -2.11. The monoisotopic (exact) mass is 394 g/mol. The first-order chi connectivity index (χ1) is 13.9. The van der Waals surface area contributed by atoms with Crippen molar-refractivity contribution in [2.75, 3.05) is 12.4 Å². The van der Waals surface area contributed by atoms with Crippen LogP contribution in [0, 0.1) is 24.0 Å². The Morgan fingerprint density at radius 3 is 2.69 bits per heavy atom. The van der Waals surface area contributed by atoms with Crippen molar-refractivity contribution < 1.29 is 18.9 Å². The van der Waals surface area contributed by atoms with Gasteiger partial charge in [0.1, 0.15) is 34.8 Å². The molecular weight excluding hydrogens is 376 g/mol. The van der Waals surface area contributed by atoms with Gasteiger partial charge in [-0.15, -0.1) is 0 Å². The third-order valence-electron chi connectivity index (χ3n) is 4.79. The highest BCUT2D eigenvalue weighted by atomic mass is 16.6. The molecule has 0 bridgehead atoms. The second-order valence-electron chi connectivity index (χ2n) is 6.63. The summed E-state index contributed by atoms with van der Waals surface area (Å²) in [5.74, 6) is 0.0935. The number of ether oxygens (including phenoxy) is 1. The molecule has 0 fully saturated rings. The summed E-state index contributed by atoms with van der Waals surface area (Å²) in [6, 6.07) is 11.1. The van der Waals surface area contributed by atoms with Gasteiger partial charge in [0, 0.05) is 16.8 Å². The average Bonchev–Trinajstić information content (AvgIpc) is 3.17. The van der Waals surface area contributed by atoms with Crippen molar-refractivity contribution in [1.82, 2.24) is 9.78 Å². The van der Waals surface area contributed by atoms with Crippen LogP contribution in [0.15, 0.2) is 40.8 Å². The number of carbonyl (C=O) groups excluding carboxylic acids is 1. The molecule has 2 aromatic heterocycles. The Hall–Kier alpha value is -3.88. The Labute approximate surface area is 165 Å². The highest BCUT2D eigenvalue weighted by Crippen LogP contribution is 2.36. The molecule has 4 aromatic rings. The van der Waals surface area contributed by atoms with Crippen molar-refractivity contribution >= 4 is 39.2 Å². The molecule has 0 aliphatic carbocycles. The zero-order chi connectivity index (χ0) is 20.7. The van der Waals surface area contributed by atoms with E-state index in [1.807, 2.05) is 30.3 Å². The maximum absolute atomic E-state index is 12.6. The van der Waals surface area contributed by atoms with Gasteiger partial charge in [-0.25, -0.2) is 0 Å². The lowest BCUT2D eigenvalue weighted by molar-refractivity contribution is -0.386. The van der Waals surface area contributed by atoms with E-state index in [-0.39, 0.29) is 23.8 Å². The number of nitro groups is 1. The van der Waals surface area contributed by atoms with E-state index in [9.17, 15) is 14.9 Å². The van der Waals surface area contributed by atoms with E-state index in [4.69, 9.17) is 9.15 Å². The number of hydrogen-bond acceptors (Lipinski definition) is 6. The number of nitrogens with one attached hydrogen (secondary N) is 1. The van der Waals surface area contributed by atoms with Gasteiger partial charge in [-0.05, 0) is 26.0 Å². The number of rotatable bonds is 5. The van der Waals surface area contributed by atoms with E-state index in [1.54, 1.807) is 13.0 Å². The van der Waals surface area contributed by atoms with E-state index in [2.05, 4.69) is 10.4 Å². The minimum atomic E-state index is -0.495. The SMILES string of the molecule is COc1cc2c(cc1NC(=O)Cn1nc(C)c([N+](=O)[O-])c1C)oc1ccccc12. The van der Waals surface area contributed by atoms with Crippen molar-refractivity contribution in [3.8, 4) is 5.75 Å². The first kappa shape index (κ1) is 18.5. The topological polar surface area (TPSA) is 112 Å². The molecule has 1 amide bonds. The molecule has 0 spiro atoms. The van der Waals surface area contributed by atoms with Crippen LogP contribution in [0.4, 0.5) is 11.4 Å². The minimum Gasteiger partial charge on any atom is -0.495 e. The highest BCUT2D eigenvalue weighted by molar-refractivity contribution is 6.07. The summed E-state index contributed by atoms with van der Waals surface area (Å²) in [5.41, 5.74) is 2.30. The number of anilines is 1. The third kappa shape index (κ3) is 3.16. The van der Waals surface area contributed by atoms with Crippen LogP contribution in [-0.4, -0.2) is 27.7 Å². The van der Waals surface area contributed by atoms with Crippen LogP contribution >= 0.6 is 0 Å². The van der Waals surface area contributed by atoms with Crippen LogP contribution in [-0.2, 0) is 11.3 Å². The number of nitrogens with zero attached hydrogens (tertiary/aromatic N) is 3. The smallest absolute Gasteiger partial charge is 0.312 e. The molecule has 1 N–H and O–H groups in total. The van der Waals surface area contributed by atoms with Gasteiger partial charge in [-0.3, -0.25) is 19.6 Å². The summed E-state index contributed by atoms with van der Waals surface area (Å²) in [6.07, 6.45) is 0. The summed E-state index contributed by atoms with van der Waals surface area (Å²) in [6.45, 7) is 2.94. The van der Waals surface area contributed by atoms with Gasteiger partial charge < -0.3 is 14.5 Å². The van der Waals surface area contributed by atoms with Gasteiger partial charge >= 0.3 is 5.69 Å². The fraction of sp³-hybridized carbons (Fsp3) is 0.200. The van der Waals surface area contributed by atoms with E-state index < -0.39 is 4.92 Å². The number of amides is 1. The van der Waals surface area contributed by atoms with Crippen LogP contribution in [0.3, 0.4) is 0 Å². The Kier molecular flexibility index (Phi) is 4.42. The number of aryl methyl sites for hydroxylation is 1. The number of para-hydroxylation sites is 1. The molecule has 2 heterocycles. The lowest BCUT2D eigenvalue weighted by atomic mass is 10.1. The number of furan rings is 1. The van der Waals surface area contributed by atoms with Gasteiger partial charge in [-0.2, -0.15) is 5.10 Å². The molecule has 0 unspecified atom stereocenters. The predicted octanol–water partition coefficient (Wildman–Crippen LogP) is 3.95. The normalized spacial score (nSPS) is 11.1. The highest BCUT2D eigenvalue weighted by Gasteiger charge is 2.23. The van der Waals surface area contributed by atoms with Gasteiger partial charge in [0.2, 0.25) is 5.91 Å². The molecule has 0 radical (unpaired) electrons. The Morgan fingerprint density at radius 2 is 2.00 bits per heavy atom. The summed E-state index contributed by atoms with van der Waals surface area (Å²) in [4.78, 5) is 23.2. The molecule has 0 aliphatic heterocycles. The van der Waals surface area contributed by atoms with Crippen molar-refractivity contribution in [2.24, 2.45) is 0 Å². The van der Waals surface area contributed by atoms with Gasteiger partial charge in [0.25, 0.3) is 0 Å². The average molecular weight is 394 g/mol. The Morgan fingerprint density at radius 1 is 1.24 bits per heavy atom. The number of benzene rings is 2. The van der Waals surface area contributed by atoms with Crippen molar-refractivity contribution in [1.29, 1.82) is 0 Å². The van der Waals surface area contributed by atoms with Crippen LogP contribution < -0.4 is 10.1 Å². The number of carbonyl (C=O) groups is 1. The maximum atomic E-state index is 12.6.